The van der Waals surface area contributed by atoms with Crippen LogP contribution in [0.25, 0.3) is 0 Å². The molecule has 4 nitrogen and oxygen atoms in total. The standard InChI is InChI=1S/C13H18F2N2O2/c1-4-7(2)17-13(18)8(3)19-12-6-9(14)11(16)5-10(12)15/h5-8H,4,16H2,1-3H3,(H,17,18). The second-order valence-electron chi connectivity index (χ2n) is 4.38. The molecule has 0 spiro atoms. The molecule has 0 aromatic heterocycles. The number of nitrogens with two attached hydrogens (primary N) is 1. The van der Waals surface area contributed by atoms with Gasteiger partial charge < -0.3 is 15.8 Å². The Balaban J connectivity index is 2.74. The van der Waals surface area contributed by atoms with Gasteiger partial charge >= 0.3 is 0 Å². The summed E-state index contributed by atoms with van der Waals surface area (Å²) >= 11 is 0. The number of nitrogens with one attached hydrogen (secondary N) is 1. The molecule has 0 saturated carbocycles. The highest BCUT2D eigenvalue weighted by Gasteiger charge is 2.19. The van der Waals surface area contributed by atoms with E-state index in [0.29, 0.717) is 0 Å². The van der Waals surface area contributed by atoms with Gasteiger partial charge in [0.1, 0.15) is 5.82 Å². The van der Waals surface area contributed by atoms with Crippen LogP contribution in [-0.2, 0) is 4.79 Å². The maximum absolute atomic E-state index is 13.5. The highest BCUT2D eigenvalue weighted by molar-refractivity contribution is 5.81. The summed E-state index contributed by atoms with van der Waals surface area (Å²) in [6.07, 6.45) is -0.157. The quantitative estimate of drug-likeness (QED) is 0.808. The Morgan fingerprint density at radius 1 is 1.37 bits per heavy atom. The first-order chi connectivity index (χ1) is 8.85. The molecular weight excluding hydrogens is 254 g/mol. The van der Waals surface area contributed by atoms with Crippen LogP contribution in [0.1, 0.15) is 27.2 Å². The summed E-state index contributed by atoms with van der Waals surface area (Å²) in [5.41, 5.74) is 4.91. The lowest BCUT2D eigenvalue weighted by Gasteiger charge is -2.18. The molecule has 0 aliphatic carbocycles. The Bertz CT molecular complexity index is 466. The average molecular weight is 272 g/mol. The van der Waals surface area contributed by atoms with Crippen molar-refractivity contribution in [2.24, 2.45) is 0 Å². The van der Waals surface area contributed by atoms with E-state index in [1.165, 1.54) is 6.92 Å². The summed E-state index contributed by atoms with van der Waals surface area (Å²) in [5, 5.41) is 2.69. The molecule has 1 aromatic carbocycles. The number of hydrogen-bond donors (Lipinski definition) is 2. The Kier molecular flexibility index (Phi) is 5.09. The van der Waals surface area contributed by atoms with Crippen LogP contribution in [0.4, 0.5) is 14.5 Å². The van der Waals surface area contributed by atoms with Crippen LogP contribution in [0.3, 0.4) is 0 Å². The lowest BCUT2D eigenvalue weighted by molar-refractivity contribution is -0.127. The summed E-state index contributed by atoms with van der Waals surface area (Å²) in [5.74, 6) is -2.31. The van der Waals surface area contributed by atoms with Gasteiger partial charge in [0.25, 0.3) is 5.91 Å². The third kappa shape index (κ3) is 4.08. The monoisotopic (exact) mass is 272 g/mol. The SMILES string of the molecule is CCC(C)NC(=O)C(C)Oc1cc(F)c(N)cc1F. The van der Waals surface area contributed by atoms with Crippen molar-refractivity contribution < 1.29 is 18.3 Å². The number of carbonyl (C=O) groups is 1. The van der Waals surface area contributed by atoms with Crippen LogP contribution in [0.5, 0.6) is 5.75 Å². The minimum absolute atomic E-state index is 0.00782. The molecule has 0 saturated heterocycles. The molecule has 19 heavy (non-hydrogen) atoms. The van der Waals surface area contributed by atoms with Crippen LogP contribution < -0.4 is 15.8 Å². The summed E-state index contributed by atoms with van der Waals surface area (Å²) < 4.78 is 31.8. The van der Waals surface area contributed by atoms with Gasteiger partial charge in [-0.3, -0.25) is 4.79 Å². The number of halogens is 2. The molecule has 1 amide bonds. The number of carbonyl (C=O) groups excluding carboxylic acids is 1. The molecule has 2 atom stereocenters. The predicted molar refractivity (Wildman–Crippen MR) is 68.8 cm³/mol. The van der Waals surface area contributed by atoms with Gasteiger partial charge in [-0.15, -0.1) is 0 Å². The van der Waals surface area contributed by atoms with E-state index >= 15 is 0 Å². The Hall–Kier alpha value is -1.85. The molecule has 1 rings (SSSR count). The lowest BCUT2D eigenvalue weighted by Crippen LogP contribution is -2.41. The van der Waals surface area contributed by atoms with Crippen LogP contribution in [0.15, 0.2) is 12.1 Å². The van der Waals surface area contributed by atoms with Crippen molar-refractivity contribution in [2.45, 2.75) is 39.3 Å². The fourth-order valence-electron chi connectivity index (χ4n) is 1.34. The van der Waals surface area contributed by atoms with Crippen LogP contribution in [0.2, 0.25) is 0 Å². The first-order valence-electron chi connectivity index (χ1n) is 6.06. The normalized spacial score (nSPS) is 13.7. The topological polar surface area (TPSA) is 64.3 Å². The number of hydrogen-bond acceptors (Lipinski definition) is 3. The third-order valence-electron chi connectivity index (χ3n) is 2.73. The summed E-state index contributed by atoms with van der Waals surface area (Å²) in [6.45, 7) is 5.23. The van der Waals surface area contributed by atoms with Crippen LogP contribution >= 0.6 is 0 Å². The molecule has 0 aliphatic rings. The zero-order chi connectivity index (χ0) is 14.6. The summed E-state index contributed by atoms with van der Waals surface area (Å²) in [7, 11) is 0. The zero-order valence-electron chi connectivity index (χ0n) is 11.2. The van der Waals surface area contributed by atoms with E-state index in [1.807, 2.05) is 13.8 Å². The maximum atomic E-state index is 13.5. The number of benzene rings is 1. The van der Waals surface area contributed by atoms with E-state index in [0.717, 1.165) is 18.6 Å². The molecule has 0 radical (unpaired) electrons. The molecule has 3 N–H and O–H groups in total. The largest absolute Gasteiger partial charge is 0.478 e. The summed E-state index contributed by atoms with van der Waals surface area (Å²) in [6, 6.07) is 1.65. The number of amides is 1. The van der Waals surface area contributed by atoms with Crippen molar-refractivity contribution in [1.82, 2.24) is 5.32 Å². The second-order valence-corrected chi connectivity index (χ2v) is 4.38. The zero-order valence-corrected chi connectivity index (χ0v) is 11.2. The average Bonchev–Trinajstić information content (AvgIpc) is 2.35. The Morgan fingerprint density at radius 3 is 2.58 bits per heavy atom. The van der Waals surface area contributed by atoms with Crippen molar-refractivity contribution in [2.75, 3.05) is 5.73 Å². The number of anilines is 1. The van der Waals surface area contributed by atoms with Crippen molar-refractivity contribution in [3.8, 4) is 5.75 Å². The Morgan fingerprint density at radius 2 is 2.00 bits per heavy atom. The number of nitrogen functional groups attached to an aromatic ring is 1. The smallest absolute Gasteiger partial charge is 0.260 e. The molecule has 0 bridgehead atoms. The molecule has 0 heterocycles. The minimum Gasteiger partial charge on any atom is -0.478 e. The first kappa shape index (κ1) is 15.2. The molecule has 0 aliphatic heterocycles. The van der Waals surface area contributed by atoms with Crippen LogP contribution in [0, 0.1) is 11.6 Å². The van der Waals surface area contributed by atoms with E-state index in [2.05, 4.69) is 5.32 Å². The van der Waals surface area contributed by atoms with Crippen molar-refractivity contribution in [3.63, 3.8) is 0 Å². The predicted octanol–water partition coefficient (Wildman–Crippen LogP) is 2.23. The highest BCUT2D eigenvalue weighted by atomic mass is 19.1. The lowest BCUT2D eigenvalue weighted by atomic mass is 10.2. The van der Waals surface area contributed by atoms with E-state index in [-0.39, 0.29) is 23.4 Å². The van der Waals surface area contributed by atoms with Gasteiger partial charge in [-0.05, 0) is 20.3 Å². The third-order valence-corrected chi connectivity index (χ3v) is 2.73. The van der Waals surface area contributed by atoms with Crippen LogP contribution in [-0.4, -0.2) is 18.1 Å². The van der Waals surface area contributed by atoms with E-state index in [1.54, 1.807) is 0 Å². The van der Waals surface area contributed by atoms with Gasteiger partial charge in [-0.1, -0.05) is 6.92 Å². The van der Waals surface area contributed by atoms with Gasteiger partial charge in [0.15, 0.2) is 17.7 Å². The highest BCUT2D eigenvalue weighted by Crippen LogP contribution is 2.23. The van der Waals surface area contributed by atoms with Gasteiger partial charge in [-0.25, -0.2) is 8.78 Å². The van der Waals surface area contributed by atoms with Crippen molar-refractivity contribution in [1.29, 1.82) is 0 Å². The molecule has 6 heteroatoms. The van der Waals surface area contributed by atoms with Gasteiger partial charge in [0, 0.05) is 18.2 Å². The fourth-order valence-corrected chi connectivity index (χ4v) is 1.34. The van der Waals surface area contributed by atoms with Gasteiger partial charge in [0.05, 0.1) is 5.69 Å². The first-order valence-corrected chi connectivity index (χ1v) is 6.06. The molecule has 106 valence electrons. The molecule has 1 aromatic rings. The molecular formula is C13H18F2N2O2. The fraction of sp³-hybridized carbons (Fsp3) is 0.462. The molecule has 0 fully saturated rings. The Labute approximate surface area is 110 Å². The number of ether oxygens (including phenoxy) is 1. The number of rotatable bonds is 5. The van der Waals surface area contributed by atoms with E-state index in [9.17, 15) is 13.6 Å². The second kappa shape index (κ2) is 6.36. The van der Waals surface area contributed by atoms with E-state index in [4.69, 9.17) is 10.5 Å². The van der Waals surface area contributed by atoms with Crippen molar-refractivity contribution in [3.05, 3.63) is 23.8 Å². The van der Waals surface area contributed by atoms with Crippen molar-refractivity contribution >= 4 is 11.6 Å². The minimum atomic E-state index is -0.925. The molecule has 2 unspecified atom stereocenters. The van der Waals surface area contributed by atoms with E-state index < -0.39 is 17.7 Å². The van der Waals surface area contributed by atoms with Gasteiger partial charge in [0.2, 0.25) is 0 Å². The maximum Gasteiger partial charge on any atom is 0.260 e. The van der Waals surface area contributed by atoms with Gasteiger partial charge in [-0.2, -0.15) is 0 Å². The summed E-state index contributed by atoms with van der Waals surface area (Å²) in [4.78, 5) is 11.7.